The van der Waals surface area contributed by atoms with Gasteiger partial charge in [-0.1, -0.05) is 0 Å². The molecule has 0 aromatic carbocycles. The molecule has 3 aliphatic rings. The van der Waals surface area contributed by atoms with Crippen molar-refractivity contribution < 1.29 is 18.9 Å². The average Bonchev–Trinajstić information content (AvgIpc) is 2.71. The number of methoxy groups -OCH3 is 1. The van der Waals surface area contributed by atoms with Gasteiger partial charge in [0, 0.05) is 31.5 Å². The number of rotatable bonds is 5. The standard InChI is InChI=1S/C11H17Cl5O4Si2/c1-17-10(3-6-19-11(10)4-7-20-11)9(2-5-18-9)8(21(12)13)22(14,15)16/h8,21H,2-7H2,1H3/t8-,9-,10+,11+/m1/s1. The number of ether oxygens (including phenoxy) is 4. The second-order valence-electron chi connectivity index (χ2n) is 5.82. The second kappa shape index (κ2) is 6.16. The molecule has 0 aliphatic carbocycles. The molecule has 3 fully saturated rings. The Labute approximate surface area is 155 Å². The third kappa shape index (κ3) is 2.37. The topological polar surface area (TPSA) is 36.9 Å². The first kappa shape index (κ1) is 18.5. The molecule has 3 rings (SSSR count). The summed E-state index contributed by atoms with van der Waals surface area (Å²) in [5.74, 6) is -0.845. The molecular formula is C11H17Cl5O4Si2. The highest BCUT2D eigenvalue weighted by Crippen LogP contribution is 2.64. The van der Waals surface area contributed by atoms with Crippen LogP contribution in [0.25, 0.3) is 0 Å². The fourth-order valence-corrected chi connectivity index (χ4v) is 20.3. The highest BCUT2D eigenvalue weighted by Gasteiger charge is 2.78. The van der Waals surface area contributed by atoms with E-state index in [1.807, 2.05) is 0 Å². The van der Waals surface area contributed by atoms with Gasteiger partial charge in [0.15, 0.2) is 5.60 Å². The lowest BCUT2D eigenvalue weighted by molar-refractivity contribution is -0.397. The predicted molar refractivity (Wildman–Crippen MR) is 92.8 cm³/mol. The summed E-state index contributed by atoms with van der Waals surface area (Å²) in [7, 11) is -0.744. The van der Waals surface area contributed by atoms with Gasteiger partial charge in [0.25, 0.3) is 0 Å². The maximum atomic E-state index is 6.36. The SMILES string of the molecule is CO[C@]1([C@]2([C@H]([SiH](Cl)Cl)[Si](Cl)(Cl)Cl)CCO2)CCO[C@]12CCO2. The molecule has 0 radical (unpaired) electrons. The van der Waals surface area contributed by atoms with Crippen molar-refractivity contribution in [2.45, 2.75) is 41.4 Å². The summed E-state index contributed by atoms with van der Waals surface area (Å²) in [6.07, 6.45) is 1.99. The van der Waals surface area contributed by atoms with E-state index >= 15 is 0 Å². The summed E-state index contributed by atoms with van der Waals surface area (Å²) in [6.45, 7) is 1.67. The normalized spacial score (nSPS) is 43.2. The van der Waals surface area contributed by atoms with Gasteiger partial charge in [-0.25, -0.2) is 0 Å². The zero-order chi connectivity index (χ0) is 16.2. The number of hydrogen-bond acceptors (Lipinski definition) is 4. The lowest BCUT2D eigenvalue weighted by Gasteiger charge is -2.63. The van der Waals surface area contributed by atoms with Crippen LogP contribution in [0.15, 0.2) is 0 Å². The van der Waals surface area contributed by atoms with Gasteiger partial charge in [0.2, 0.25) is 13.2 Å². The molecule has 0 aromatic heterocycles. The van der Waals surface area contributed by atoms with Crippen LogP contribution in [0.2, 0.25) is 5.16 Å². The van der Waals surface area contributed by atoms with E-state index in [2.05, 4.69) is 0 Å². The molecule has 1 spiro atoms. The summed E-state index contributed by atoms with van der Waals surface area (Å²) in [6, 6.07) is -3.24. The number of halogens is 5. The van der Waals surface area contributed by atoms with Gasteiger partial charge in [-0.15, -0.1) is 33.2 Å². The summed E-state index contributed by atoms with van der Waals surface area (Å²) >= 11 is 31.8. The first-order chi connectivity index (χ1) is 10.2. The highest BCUT2D eigenvalue weighted by atomic mass is 35.8. The largest absolute Gasteiger partial charge is 0.372 e. The minimum Gasteiger partial charge on any atom is -0.372 e. The van der Waals surface area contributed by atoms with Gasteiger partial charge >= 0.3 is 6.00 Å². The van der Waals surface area contributed by atoms with E-state index in [0.717, 1.165) is 6.42 Å². The Bertz CT molecular complexity index is 441. The Morgan fingerprint density at radius 3 is 1.86 bits per heavy atom. The first-order valence-corrected chi connectivity index (χ1v) is 16.3. The highest BCUT2D eigenvalue weighted by molar-refractivity contribution is 7.68. The molecule has 3 heterocycles. The van der Waals surface area contributed by atoms with E-state index in [4.69, 9.17) is 74.3 Å². The number of hydrogen-bond donors (Lipinski definition) is 0. The first-order valence-electron chi connectivity index (χ1n) is 7.07. The van der Waals surface area contributed by atoms with Gasteiger partial charge in [-0.3, -0.25) is 0 Å². The predicted octanol–water partition coefficient (Wildman–Crippen LogP) is 3.33. The molecule has 3 aliphatic heterocycles. The zero-order valence-corrected chi connectivity index (χ0v) is 17.9. The van der Waals surface area contributed by atoms with Crippen LogP contribution in [0.5, 0.6) is 0 Å². The van der Waals surface area contributed by atoms with E-state index in [1.165, 1.54) is 0 Å². The van der Waals surface area contributed by atoms with E-state index in [1.54, 1.807) is 7.11 Å². The fourth-order valence-electron chi connectivity index (χ4n) is 4.10. The van der Waals surface area contributed by atoms with Crippen LogP contribution in [-0.2, 0) is 18.9 Å². The summed E-state index contributed by atoms with van der Waals surface area (Å²) < 4.78 is 23.7. The molecule has 3 saturated heterocycles. The molecule has 0 N–H and O–H groups in total. The Kier molecular flexibility index (Phi) is 5.18. The van der Waals surface area contributed by atoms with Crippen molar-refractivity contribution >= 4 is 68.8 Å². The minimum atomic E-state index is -3.24. The second-order valence-corrected chi connectivity index (χ2v) is 20.1. The fraction of sp³-hybridized carbons (Fsp3) is 1.00. The van der Waals surface area contributed by atoms with Crippen molar-refractivity contribution in [3.05, 3.63) is 0 Å². The molecule has 4 atom stereocenters. The van der Waals surface area contributed by atoms with Crippen molar-refractivity contribution in [1.29, 1.82) is 0 Å². The van der Waals surface area contributed by atoms with Crippen LogP contribution in [0.4, 0.5) is 0 Å². The molecule has 0 amide bonds. The van der Waals surface area contributed by atoms with Crippen molar-refractivity contribution in [3.63, 3.8) is 0 Å². The van der Waals surface area contributed by atoms with Crippen LogP contribution >= 0.6 is 55.4 Å². The Hall–Kier alpha value is 1.72. The quantitative estimate of drug-likeness (QED) is 0.480. The summed E-state index contributed by atoms with van der Waals surface area (Å²) in [5.41, 5.74) is -1.69. The Morgan fingerprint density at radius 1 is 1.00 bits per heavy atom. The molecule has 4 nitrogen and oxygen atoms in total. The molecule has 22 heavy (non-hydrogen) atoms. The molecule has 0 saturated carbocycles. The van der Waals surface area contributed by atoms with E-state index in [-0.39, 0.29) is 0 Å². The molecule has 0 unspecified atom stereocenters. The van der Waals surface area contributed by atoms with Gasteiger partial charge < -0.3 is 18.9 Å². The van der Waals surface area contributed by atoms with Crippen LogP contribution in [0.3, 0.4) is 0 Å². The van der Waals surface area contributed by atoms with E-state index < -0.39 is 35.6 Å². The Morgan fingerprint density at radius 2 is 1.55 bits per heavy atom. The van der Waals surface area contributed by atoms with Crippen LogP contribution in [-0.4, -0.2) is 57.3 Å². The van der Waals surface area contributed by atoms with Crippen LogP contribution in [0.1, 0.15) is 19.3 Å². The summed E-state index contributed by atoms with van der Waals surface area (Å²) in [5, 5.41) is -0.509. The third-order valence-corrected chi connectivity index (χ3v) is 16.7. The zero-order valence-electron chi connectivity index (χ0n) is 11.9. The molecule has 0 bridgehead atoms. The van der Waals surface area contributed by atoms with Gasteiger partial charge in [-0.2, -0.15) is 22.2 Å². The van der Waals surface area contributed by atoms with Gasteiger partial charge in [0.05, 0.1) is 19.8 Å². The summed E-state index contributed by atoms with van der Waals surface area (Å²) in [4.78, 5) is 0. The lowest BCUT2D eigenvalue weighted by Crippen LogP contribution is -2.77. The molecule has 11 heteroatoms. The Balaban J connectivity index is 2.08. The maximum absolute atomic E-state index is 6.36. The van der Waals surface area contributed by atoms with Crippen LogP contribution in [0, 0.1) is 0 Å². The van der Waals surface area contributed by atoms with Gasteiger partial charge in [0.1, 0.15) is 5.60 Å². The van der Waals surface area contributed by atoms with Crippen molar-refractivity contribution in [3.8, 4) is 0 Å². The average molecular weight is 447 g/mol. The molecule has 128 valence electrons. The van der Waals surface area contributed by atoms with Crippen LogP contribution < -0.4 is 0 Å². The van der Waals surface area contributed by atoms with E-state index in [0.29, 0.717) is 32.7 Å². The minimum absolute atomic E-state index is 0.504. The third-order valence-electron chi connectivity index (χ3n) is 5.14. The van der Waals surface area contributed by atoms with Crippen molar-refractivity contribution in [2.24, 2.45) is 0 Å². The molecular weight excluding hydrogens is 430 g/mol. The van der Waals surface area contributed by atoms with Gasteiger partial charge in [-0.05, 0) is 0 Å². The monoisotopic (exact) mass is 444 g/mol. The molecule has 0 aromatic rings. The van der Waals surface area contributed by atoms with Crippen molar-refractivity contribution in [1.82, 2.24) is 0 Å². The van der Waals surface area contributed by atoms with E-state index in [9.17, 15) is 0 Å². The smallest absolute Gasteiger partial charge is 0.346 e. The van der Waals surface area contributed by atoms with Crippen molar-refractivity contribution in [2.75, 3.05) is 26.9 Å². The maximum Gasteiger partial charge on any atom is 0.346 e. The lowest BCUT2D eigenvalue weighted by atomic mass is 9.69.